The van der Waals surface area contributed by atoms with Crippen LogP contribution in [0.5, 0.6) is 0 Å². The fraction of sp³-hybridized carbons (Fsp3) is 0.600. The van der Waals surface area contributed by atoms with Gasteiger partial charge in [-0.05, 0) is 12.8 Å². The quantitative estimate of drug-likeness (QED) is 0.707. The lowest BCUT2D eigenvalue weighted by Gasteiger charge is -2.25. The molecule has 2 rings (SSSR count). The Bertz CT molecular complexity index is 350. The number of hydrogen-bond donors (Lipinski definition) is 0. The topological polar surface area (TPSA) is 25.8 Å². The highest BCUT2D eigenvalue weighted by atomic mass is 35.5. The third kappa shape index (κ3) is 1.61. The number of nitrogens with zero attached hydrogens (tertiary/aromatic N) is 2. The number of rotatable bonds is 2. The molecule has 2 nitrogen and oxygen atoms in total. The summed E-state index contributed by atoms with van der Waals surface area (Å²) in [5.41, 5.74) is 0.521. The van der Waals surface area contributed by atoms with Gasteiger partial charge in [0.2, 0.25) is 0 Å². The van der Waals surface area contributed by atoms with Crippen LogP contribution >= 0.6 is 11.6 Å². The second kappa shape index (κ2) is 3.81. The molecule has 0 radical (unpaired) electrons. The van der Waals surface area contributed by atoms with Crippen molar-refractivity contribution in [1.82, 2.24) is 9.97 Å². The maximum Gasteiger partial charge on any atom is 0.182 e. The molecular formula is C10H12ClFN2. The molecule has 0 aliphatic heterocycles. The molecule has 0 unspecified atom stereocenters. The normalized spacial score (nSPS) is 16.8. The molecule has 1 aromatic heterocycles. The van der Waals surface area contributed by atoms with Gasteiger partial charge in [-0.25, -0.2) is 14.4 Å². The second-order valence-electron chi connectivity index (χ2n) is 3.61. The van der Waals surface area contributed by atoms with Gasteiger partial charge in [-0.2, -0.15) is 0 Å². The highest BCUT2D eigenvalue weighted by Crippen LogP contribution is 2.37. The van der Waals surface area contributed by atoms with E-state index in [-0.39, 0.29) is 11.1 Å². The van der Waals surface area contributed by atoms with Gasteiger partial charge < -0.3 is 0 Å². The average molecular weight is 215 g/mol. The molecule has 0 bridgehead atoms. The molecular weight excluding hydrogens is 203 g/mol. The Kier molecular flexibility index (Phi) is 2.68. The first-order valence-electron chi connectivity index (χ1n) is 4.94. The van der Waals surface area contributed by atoms with Crippen LogP contribution < -0.4 is 0 Å². The van der Waals surface area contributed by atoms with E-state index in [1.54, 1.807) is 0 Å². The lowest BCUT2D eigenvalue weighted by Crippen LogP contribution is -2.15. The first kappa shape index (κ1) is 9.84. The van der Waals surface area contributed by atoms with Gasteiger partial charge in [0.15, 0.2) is 11.0 Å². The van der Waals surface area contributed by atoms with Gasteiger partial charge in [-0.15, -0.1) is 0 Å². The molecule has 0 N–H and O–H groups in total. The van der Waals surface area contributed by atoms with E-state index in [9.17, 15) is 4.39 Å². The van der Waals surface area contributed by atoms with Gasteiger partial charge in [0.1, 0.15) is 5.82 Å². The van der Waals surface area contributed by atoms with Crippen LogP contribution in [0.1, 0.15) is 43.6 Å². The van der Waals surface area contributed by atoms with Crippen molar-refractivity contribution in [3.05, 3.63) is 22.5 Å². The van der Waals surface area contributed by atoms with Crippen molar-refractivity contribution in [2.75, 3.05) is 0 Å². The molecule has 1 fully saturated rings. The van der Waals surface area contributed by atoms with Gasteiger partial charge in [-0.1, -0.05) is 24.9 Å². The molecule has 1 aliphatic carbocycles. The zero-order valence-electron chi connectivity index (χ0n) is 8.06. The number of aromatic nitrogens is 2. The second-order valence-corrected chi connectivity index (χ2v) is 3.97. The molecule has 4 heteroatoms. The standard InChI is InChI=1S/C10H12ClFN2/c1-2-7-13-9(6-4-3-5-6)8(12)10(11)14-7/h6H,2-5H2,1H3. The Hall–Kier alpha value is -0.700. The summed E-state index contributed by atoms with van der Waals surface area (Å²) in [7, 11) is 0. The first-order valence-corrected chi connectivity index (χ1v) is 5.32. The van der Waals surface area contributed by atoms with Gasteiger partial charge in [-0.3, -0.25) is 0 Å². The van der Waals surface area contributed by atoms with Crippen LogP contribution in [-0.2, 0) is 6.42 Å². The summed E-state index contributed by atoms with van der Waals surface area (Å²) in [6.07, 6.45) is 3.90. The smallest absolute Gasteiger partial charge is 0.182 e. The van der Waals surface area contributed by atoms with Gasteiger partial charge in [0.05, 0.1) is 5.69 Å². The first-order chi connectivity index (χ1) is 6.72. The summed E-state index contributed by atoms with van der Waals surface area (Å²) in [6, 6.07) is 0. The molecule has 14 heavy (non-hydrogen) atoms. The maximum absolute atomic E-state index is 13.5. The van der Waals surface area contributed by atoms with E-state index in [1.165, 1.54) is 0 Å². The van der Waals surface area contributed by atoms with Gasteiger partial charge >= 0.3 is 0 Å². The van der Waals surface area contributed by atoms with Gasteiger partial charge in [0.25, 0.3) is 0 Å². The summed E-state index contributed by atoms with van der Waals surface area (Å²) < 4.78 is 13.5. The molecule has 0 saturated heterocycles. The zero-order valence-corrected chi connectivity index (χ0v) is 8.81. The van der Waals surface area contributed by atoms with Crippen LogP contribution in [0.3, 0.4) is 0 Å². The van der Waals surface area contributed by atoms with Crippen molar-refractivity contribution in [2.45, 2.75) is 38.5 Å². The average Bonchev–Trinajstić information content (AvgIpc) is 2.09. The molecule has 0 spiro atoms. The highest BCUT2D eigenvalue weighted by Gasteiger charge is 2.26. The molecule has 0 aromatic carbocycles. The van der Waals surface area contributed by atoms with Crippen LogP contribution in [0.4, 0.5) is 4.39 Å². The minimum absolute atomic E-state index is 0.0289. The van der Waals surface area contributed by atoms with Crippen molar-refractivity contribution in [3.63, 3.8) is 0 Å². The Morgan fingerprint density at radius 2 is 2.14 bits per heavy atom. The van der Waals surface area contributed by atoms with Crippen molar-refractivity contribution in [2.24, 2.45) is 0 Å². The third-order valence-corrected chi connectivity index (χ3v) is 2.94. The number of hydrogen-bond acceptors (Lipinski definition) is 2. The van der Waals surface area contributed by atoms with E-state index in [2.05, 4.69) is 9.97 Å². The van der Waals surface area contributed by atoms with Gasteiger partial charge in [0, 0.05) is 12.3 Å². The minimum atomic E-state index is -0.423. The lowest BCUT2D eigenvalue weighted by molar-refractivity contribution is 0.391. The van der Waals surface area contributed by atoms with E-state index in [1.807, 2.05) is 6.92 Å². The zero-order chi connectivity index (χ0) is 10.1. The summed E-state index contributed by atoms with van der Waals surface area (Å²) >= 11 is 5.70. The molecule has 0 atom stereocenters. The summed E-state index contributed by atoms with van der Waals surface area (Å²) in [4.78, 5) is 8.08. The fourth-order valence-electron chi connectivity index (χ4n) is 1.59. The van der Waals surface area contributed by atoms with Crippen LogP contribution in [0.25, 0.3) is 0 Å². The maximum atomic E-state index is 13.5. The minimum Gasteiger partial charge on any atom is -0.234 e. The van der Waals surface area contributed by atoms with Crippen LogP contribution in [0, 0.1) is 5.82 Å². The van der Waals surface area contributed by atoms with Crippen molar-refractivity contribution in [1.29, 1.82) is 0 Å². The summed E-state index contributed by atoms with van der Waals surface area (Å²) in [5.74, 6) is 0.479. The van der Waals surface area contributed by atoms with Crippen molar-refractivity contribution < 1.29 is 4.39 Å². The molecule has 1 aromatic rings. The molecule has 0 amide bonds. The number of aryl methyl sites for hydroxylation is 1. The van der Waals surface area contributed by atoms with Crippen molar-refractivity contribution >= 4 is 11.6 Å². The van der Waals surface area contributed by atoms with E-state index >= 15 is 0 Å². The molecule has 1 aliphatic rings. The SMILES string of the molecule is CCc1nc(Cl)c(F)c(C2CCC2)n1. The van der Waals surface area contributed by atoms with Crippen LogP contribution in [0.15, 0.2) is 0 Å². The number of halogens is 2. The molecule has 1 saturated carbocycles. The summed E-state index contributed by atoms with van der Waals surface area (Å²) in [5, 5.41) is -0.0289. The monoisotopic (exact) mass is 214 g/mol. The Balaban J connectivity index is 2.40. The third-order valence-electron chi connectivity index (χ3n) is 2.69. The predicted molar refractivity (Wildman–Crippen MR) is 53.0 cm³/mol. The fourth-order valence-corrected chi connectivity index (χ4v) is 1.79. The predicted octanol–water partition coefficient (Wildman–Crippen LogP) is 3.10. The van der Waals surface area contributed by atoms with Crippen LogP contribution in [0.2, 0.25) is 5.15 Å². The van der Waals surface area contributed by atoms with Crippen LogP contribution in [-0.4, -0.2) is 9.97 Å². The molecule has 1 heterocycles. The van der Waals surface area contributed by atoms with E-state index < -0.39 is 5.82 Å². The Morgan fingerprint density at radius 3 is 2.64 bits per heavy atom. The van der Waals surface area contributed by atoms with E-state index in [4.69, 9.17) is 11.6 Å². The highest BCUT2D eigenvalue weighted by molar-refractivity contribution is 6.29. The lowest BCUT2D eigenvalue weighted by atomic mass is 9.82. The van der Waals surface area contributed by atoms with Crippen molar-refractivity contribution in [3.8, 4) is 0 Å². The molecule has 76 valence electrons. The summed E-state index contributed by atoms with van der Waals surface area (Å²) in [6.45, 7) is 1.94. The Labute approximate surface area is 87.5 Å². The van der Waals surface area contributed by atoms with E-state index in [0.29, 0.717) is 17.9 Å². The Morgan fingerprint density at radius 1 is 1.43 bits per heavy atom. The largest absolute Gasteiger partial charge is 0.234 e. The van der Waals surface area contributed by atoms with E-state index in [0.717, 1.165) is 19.3 Å².